The number of hydrogen-bond donors (Lipinski definition) is 0. The lowest BCUT2D eigenvalue weighted by molar-refractivity contribution is -0.114. The average Bonchev–Trinajstić information content (AvgIpc) is 2.87. The zero-order valence-corrected chi connectivity index (χ0v) is 14.8. The van der Waals surface area contributed by atoms with E-state index in [4.69, 9.17) is 0 Å². The Balaban J connectivity index is 0.00000102. The molecule has 22 heavy (non-hydrogen) atoms. The second kappa shape index (κ2) is 11.6. The molecule has 0 saturated carbocycles. The SMILES string of the molecule is C/C=C\C=C/C1=C(C)CN(c2ccccc2)C1=O.CC.CC. The highest BCUT2D eigenvalue weighted by Gasteiger charge is 2.26. The molecule has 1 heterocycles. The van der Waals surface area contributed by atoms with Crippen LogP contribution in [-0.4, -0.2) is 12.5 Å². The van der Waals surface area contributed by atoms with Crippen molar-refractivity contribution in [2.45, 2.75) is 41.5 Å². The number of hydrogen-bond acceptors (Lipinski definition) is 1. The van der Waals surface area contributed by atoms with E-state index in [0.29, 0.717) is 6.54 Å². The van der Waals surface area contributed by atoms with Gasteiger partial charge in [0.25, 0.3) is 5.91 Å². The minimum atomic E-state index is 0.0828. The highest BCUT2D eigenvalue weighted by molar-refractivity contribution is 6.11. The minimum absolute atomic E-state index is 0.0828. The fourth-order valence-electron chi connectivity index (χ4n) is 2.02. The van der Waals surface area contributed by atoms with Crippen LogP contribution < -0.4 is 4.90 Å². The smallest absolute Gasteiger partial charge is 0.258 e. The maximum absolute atomic E-state index is 12.3. The maximum Gasteiger partial charge on any atom is 0.258 e. The van der Waals surface area contributed by atoms with Gasteiger partial charge in [-0.05, 0) is 37.6 Å². The molecule has 0 bridgehead atoms. The van der Waals surface area contributed by atoms with E-state index in [1.165, 1.54) is 0 Å². The minimum Gasteiger partial charge on any atom is -0.304 e. The molecule has 0 N–H and O–H groups in total. The summed E-state index contributed by atoms with van der Waals surface area (Å²) < 4.78 is 0. The van der Waals surface area contributed by atoms with E-state index >= 15 is 0 Å². The highest BCUT2D eigenvalue weighted by Crippen LogP contribution is 2.25. The third-order valence-electron chi connectivity index (χ3n) is 2.96. The molecule has 1 amide bonds. The molecule has 0 aromatic heterocycles. The van der Waals surface area contributed by atoms with Crippen molar-refractivity contribution >= 4 is 11.6 Å². The molecule has 1 aromatic rings. The molecule has 0 unspecified atom stereocenters. The lowest BCUT2D eigenvalue weighted by Crippen LogP contribution is -2.26. The van der Waals surface area contributed by atoms with Crippen LogP contribution in [0, 0.1) is 0 Å². The third kappa shape index (κ3) is 5.36. The van der Waals surface area contributed by atoms with Gasteiger partial charge in [-0.2, -0.15) is 0 Å². The summed E-state index contributed by atoms with van der Waals surface area (Å²) in [5.74, 6) is 0.0828. The normalized spacial score (nSPS) is 14.1. The summed E-state index contributed by atoms with van der Waals surface area (Å²) in [6.45, 7) is 12.6. The van der Waals surface area contributed by atoms with Crippen LogP contribution in [-0.2, 0) is 4.79 Å². The fraction of sp³-hybridized carbons (Fsp3) is 0.350. The third-order valence-corrected chi connectivity index (χ3v) is 2.96. The van der Waals surface area contributed by atoms with Gasteiger partial charge >= 0.3 is 0 Å². The predicted octanol–water partition coefficient (Wildman–Crippen LogP) is 5.53. The van der Waals surface area contributed by atoms with Crippen molar-refractivity contribution in [3.8, 4) is 0 Å². The van der Waals surface area contributed by atoms with Gasteiger partial charge in [-0.3, -0.25) is 4.79 Å². The Morgan fingerprint density at radius 2 is 1.59 bits per heavy atom. The summed E-state index contributed by atoms with van der Waals surface area (Å²) in [6.07, 6.45) is 7.67. The molecule has 0 aliphatic carbocycles. The summed E-state index contributed by atoms with van der Waals surface area (Å²) in [5, 5.41) is 0. The molecule has 0 spiro atoms. The van der Waals surface area contributed by atoms with Crippen LogP contribution in [0.2, 0.25) is 0 Å². The quantitative estimate of drug-likeness (QED) is 0.671. The molecule has 2 rings (SSSR count). The number of carbonyl (C=O) groups is 1. The Labute approximate surface area is 135 Å². The Hall–Kier alpha value is -2.09. The molecule has 120 valence electrons. The van der Waals surface area contributed by atoms with Gasteiger partial charge in [0.15, 0.2) is 0 Å². The molecular weight excluding hydrogens is 270 g/mol. The van der Waals surface area contributed by atoms with Gasteiger partial charge in [0.05, 0.1) is 0 Å². The van der Waals surface area contributed by atoms with Crippen LogP contribution in [0.4, 0.5) is 5.69 Å². The Morgan fingerprint density at radius 1 is 1.00 bits per heavy atom. The van der Waals surface area contributed by atoms with Crippen LogP contribution in [0.1, 0.15) is 41.5 Å². The monoisotopic (exact) mass is 299 g/mol. The Kier molecular flexibility index (Phi) is 10.5. The largest absolute Gasteiger partial charge is 0.304 e. The number of rotatable bonds is 3. The summed E-state index contributed by atoms with van der Waals surface area (Å²) in [6, 6.07) is 9.78. The molecule has 1 aromatic carbocycles. The summed E-state index contributed by atoms with van der Waals surface area (Å²) in [5.41, 5.74) is 2.87. The van der Waals surface area contributed by atoms with Crippen LogP contribution in [0.5, 0.6) is 0 Å². The van der Waals surface area contributed by atoms with E-state index in [9.17, 15) is 4.79 Å². The standard InChI is InChI=1S/C16H17NO.2C2H6/c1-3-4-6-11-15-13(2)12-17(16(15)18)14-9-7-5-8-10-14;2*1-2/h3-11H,12H2,1-2H3;2*1-2H3/b4-3-,11-6-;;. The number of anilines is 1. The molecular formula is C20H29NO. The molecule has 0 fully saturated rings. The van der Waals surface area contributed by atoms with Crippen molar-refractivity contribution < 1.29 is 4.79 Å². The number of nitrogens with zero attached hydrogens (tertiary/aromatic N) is 1. The van der Waals surface area contributed by atoms with Crippen molar-refractivity contribution in [1.29, 1.82) is 0 Å². The Bertz CT molecular complexity index is 524. The molecule has 0 radical (unpaired) electrons. The second-order valence-electron chi connectivity index (χ2n) is 4.31. The average molecular weight is 299 g/mol. The van der Waals surface area contributed by atoms with E-state index < -0.39 is 0 Å². The van der Waals surface area contributed by atoms with E-state index in [2.05, 4.69) is 0 Å². The van der Waals surface area contributed by atoms with E-state index in [1.807, 2.05) is 101 Å². The molecule has 0 saturated heterocycles. The number of benzene rings is 1. The summed E-state index contributed by atoms with van der Waals surface area (Å²) in [7, 11) is 0. The van der Waals surface area contributed by atoms with Crippen LogP contribution in [0.25, 0.3) is 0 Å². The highest BCUT2D eigenvalue weighted by atomic mass is 16.2. The summed E-state index contributed by atoms with van der Waals surface area (Å²) >= 11 is 0. The number of carbonyl (C=O) groups excluding carboxylic acids is 1. The first kappa shape index (κ1) is 19.9. The van der Waals surface area contributed by atoms with Gasteiger partial charge in [-0.25, -0.2) is 0 Å². The van der Waals surface area contributed by atoms with Crippen molar-refractivity contribution in [3.05, 3.63) is 65.8 Å². The van der Waals surface area contributed by atoms with E-state index in [0.717, 1.165) is 16.8 Å². The van der Waals surface area contributed by atoms with E-state index in [1.54, 1.807) is 0 Å². The number of amides is 1. The first-order valence-corrected chi connectivity index (χ1v) is 8.10. The summed E-state index contributed by atoms with van der Waals surface area (Å²) in [4.78, 5) is 14.1. The van der Waals surface area contributed by atoms with Gasteiger partial charge in [-0.1, -0.05) is 64.1 Å². The predicted molar refractivity (Wildman–Crippen MR) is 98.1 cm³/mol. The second-order valence-corrected chi connectivity index (χ2v) is 4.31. The van der Waals surface area contributed by atoms with Crippen molar-refractivity contribution in [1.82, 2.24) is 0 Å². The molecule has 1 aliphatic rings. The lowest BCUT2D eigenvalue weighted by Gasteiger charge is -2.16. The van der Waals surface area contributed by atoms with Gasteiger partial charge in [0.1, 0.15) is 0 Å². The fourth-order valence-corrected chi connectivity index (χ4v) is 2.02. The molecule has 0 atom stereocenters. The topological polar surface area (TPSA) is 20.3 Å². The van der Waals surface area contributed by atoms with Gasteiger partial charge in [0.2, 0.25) is 0 Å². The zero-order valence-electron chi connectivity index (χ0n) is 14.8. The lowest BCUT2D eigenvalue weighted by atomic mass is 10.1. The van der Waals surface area contributed by atoms with Crippen molar-refractivity contribution in [3.63, 3.8) is 0 Å². The van der Waals surface area contributed by atoms with Crippen LogP contribution in [0.3, 0.4) is 0 Å². The molecule has 1 aliphatic heterocycles. The maximum atomic E-state index is 12.3. The first-order valence-electron chi connectivity index (χ1n) is 8.10. The molecule has 2 heteroatoms. The zero-order chi connectivity index (χ0) is 17.0. The van der Waals surface area contributed by atoms with Crippen molar-refractivity contribution in [2.24, 2.45) is 0 Å². The number of allylic oxidation sites excluding steroid dienone is 3. The van der Waals surface area contributed by atoms with Gasteiger partial charge in [-0.15, -0.1) is 0 Å². The van der Waals surface area contributed by atoms with Crippen molar-refractivity contribution in [2.75, 3.05) is 11.4 Å². The first-order chi connectivity index (χ1) is 10.7. The number of para-hydroxylation sites is 1. The van der Waals surface area contributed by atoms with Crippen LogP contribution in [0.15, 0.2) is 65.8 Å². The Morgan fingerprint density at radius 3 is 2.14 bits per heavy atom. The van der Waals surface area contributed by atoms with Gasteiger partial charge < -0.3 is 4.90 Å². The van der Waals surface area contributed by atoms with Gasteiger partial charge in [0, 0.05) is 17.8 Å². The van der Waals surface area contributed by atoms with Crippen LogP contribution >= 0.6 is 0 Å². The molecule has 2 nitrogen and oxygen atoms in total. The van der Waals surface area contributed by atoms with E-state index in [-0.39, 0.29) is 5.91 Å².